The number of carbonyl (C=O) groups excluding carboxylic acids is 2. The summed E-state index contributed by atoms with van der Waals surface area (Å²) in [5.74, 6) is 1.20. The molecule has 1 aromatic carbocycles. The van der Waals surface area contributed by atoms with Gasteiger partial charge >= 0.3 is 6.09 Å². The average Bonchev–Trinajstić information content (AvgIpc) is 2.76. The minimum Gasteiger partial charge on any atom is -0.444 e. The summed E-state index contributed by atoms with van der Waals surface area (Å²) in [6.45, 7) is 8.68. The molecule has 3 rings (SSSR count). The summed E-state index contributed by atoms with van der Waals surface area (Å²) >= 11 is 6.90. The highest BCUT2D eigenvalue weighted by Gasteiger charge is 2.34. The zero-order chi connectivity index (χ0) is 24.3. The molecule has 1 atom stereocenters. The highest BCUT2D eigenvalue weighted by molar-refractivity contribution is 9.11. The number of hydrogen-bond acceptors (Lipinski definition) is 5. The number of carbonyl (C=O) groups is 2. The van der Waals surface area contributed by atoms with Crippen LogP contribution in [-0.2, 0) is 16.0 Å². The number of nitrogen functional groups attached to an aromatic ring is 1. The quantitative estimate of drug-likeness (QED) is 0.503. The van der Waals surface area contributed by atoms with E-state index in [1.165, 1.54) is 0 Å². The largest absolute Gasteiger partial charge is 0.444 e. The van der Waals surface area contributed by atoms with Crippen LogP contribution in [0.2, 0.25) is 0 Å². The summed E-state index contributed by atoms with van der Waals surface area (Å²) in [6, 6.07) is 3.27. The molecular formula is C24H36Br2N4O3. The molecular weight excluding hydrogens is 552 g/mol. The van der Waals surface area contributed by atoms with Gasteiger partial charge in [-0.2, -0.15) is 0 Å². The molecule has 0 saturated carbocycles. The van der Waals surface area contributed by atoms with Crippen LogP contribution in [0, 0.1) is 11.8 Å². The van der Waals surface area contributed by atoms with Crippen LogP contribution in [0.15, 0.2) is 21.1 Å². The predicted octanol–water partition coefficient (Wildman–Crippen LogP) is 4.55. The number of nitrogens with zero attached hydrogens (tertiary/aromatic N) is 2. The summed E-state index contributed by atoms with van der Waals surface area (Å²) in [6.07, 6.45) is 4.24. The first-order chi connectivity index (χ1) is 15.4. The molecule has 2 aliphatic rings. The van der Waals surface area contributed by atoms with Crippen LogP contribution in [0.5, 0.6) is 0 Å². The molecule has 7 nitrogen and oxygen atoms in total. The summed E-state index contributed by atoms with van der Waals surface area (Å²) in [5.41, 5.74) is 13.4. The Hall–Kier alpha value is -1.32. The standard InChI is InChI=1S/C24H36Br2N4O3/c1-24(2,3)33-23(32)30-10-6-17(7-11-30)16-4-8-29(9-5-16)22(31)20(27)14-15-12-18(25)21(28)19(26)13-15/h12-13,16-17,20H,4-11,14,27-28H2,1-3H3/t20-/m0/s1. The number of benzene rings is 1. The van der Waals surface area contributed by atoms with Gasteiger partial charge in [-0.05, 0) is 114 Å². The third-order valence-corrected chi connectivity index (χ3v) is 7.93. The average molecular weight is 588 g/mol. The van der Waals surface area contributed by atoms with Gasteiger partial charge in [0.15, 0.2) is 0 Å². The fraction of sp³-hybridized carbons (Fsp3) is 0.667. The highest BCUT2D eigenvalue weighted by Crippen LogP contribution is 2.33. The second-order valence-corrected chi connectivity index (χ2v) is 12.0. The van der Waals surface area contributed by atoms with Crippen LogP contribution < -0.4 is 11.5 Å². The van der Waals surface area contributed by atoms with Gasteiger partial charge in [0.25, 0.3) is 0 Å². The smallest absolute Gasteiger partial charge is 0.410 e. The molecule has 0 unspecified atom stereocenters. The van der Waals surface area contributed by atoms with Gasteiger partial charge in [0.2, 0.25) is 5.91 Å². The minimum absolute atomic E-state index is 0.0114. The highest BCUT2D eigenvalue weighted by atomic mass is 79.9. The van der Waals surface area contributed by atoms with E-state index < -0.39 is 11.6 Å². The van der Waals surface area contributed by atoms with E-state index >= 15 is 0 Å². The molecule has 0 aromatic heterocycles. The lowest BCUT2D eigenvalue weighted by atomic mass is 9.78. The van der Waals surface area contributed by atoms with Crippen molar-refractivity contribution in [1.29, 1.82) is 0 Å². The van der Waals surface area contributed by atoms with Crippen molar-refractivity contribution < 1.29 is 14.3 Å². The van der Waals surface area contributed by atoms with Crippen LogP contribution >= 0.6 is 31.9 Å². The van der Waals surface area contributed by atoms with E-state index in [1.54, 1.807) is 0 Å². The van der Waals surface area contributed by atoms with Crippen molar-refractivity contribution in [2.75, 3.05) is 31.9 Å². The number of anilines is 1. The number of halogens is 2. The zero-order valence-corrected chi connectivity index (χ0v) is 23.0. The molecule has 0 radical (unpaired) electrons. The van der Waals surface area contributed by atoms with Gasteiger partial charge in [-0.1, -0.05) is 0 Å². The van der Waals surface area contributed by atoms with Gasteiger partial charge in [0.05, 0.1) is 11.7 Å². The Balaban J connectivity index is 1.45. The van der Waals surface area contributed by atoms with E-state index in [4.69, 9.17) is 16.2 Å². The SMILES string of the molecule is CC(C)(C)OC(=O)N1CCC(C2CCN(C(=O)[C@@H](N)Cc3cc(Br)c(N)c(Br)c3)CC2)CC1. The Labute approximate surface area is 213 Å². The molecule has 2 fully saturated rings. The fourth-order valence-corrected chi connectivity index (χ4v) is 6.08. The van der Waals surface area contributed by atoms with Crippen molar-refractivity contribution >= 4 is 49.5 Å². The second-order valence-electron chi connectivity index (χ2n) is 10.3. The van der Waals surface area contributed by atoms with E-state index in [9.17, 15) is 9.59 Å². The molecule has 2 saturated heterocycles. The molecule has 0 aliphatic carbocycles. The second kappa shape index (κ2) is 11.0. The maximum absolute atomic E-state index is 12.9. The first-order valence-electron chi connectivity index (χ1n) is 11.7. The van der Waals surface area contributed by atoms with E-state index in [0.29, 0.717) is 23.9 Å². The molecule has 9 heteroatoms. The zero-order valence-electron chi connectivity index (χ0n) is 19.8. The Morgan fingerprint density at radius 2 is 1.45 bits per heavy atom. The topological polar surface area (TPSA) is 102 Å². The molecule has 0 spiro atoms. The number of hydrogen-bond donors (Lipinski definition) is 2. The number of ether oxygens (including phenoxy) is 1. The van der Waals surface area contributed by atoms with Crippen LogP contribution in [0.4, 0.5) is 10.5 Å². The fourth-order valence-electron chi connectivity index (χ4n) is 4.80. The summed E-state index contributed by atoms with van der Waals surface area (Å²) in [4.78, 5) is 29.0. The Morgan fingerprint density at radius 1 is 1.00 bits per heavy atom. The normalized spacial score (nSPS) is 19.5. The number of amides is 2. The molecule has 2 aliphatic heterocycles. The molecule has 33 heavy (non-hydrogen) atoms. The predicted molar refractivity (Wildman–Crippen MR) is 138 cm³/mol. The van der Waals surface area contributed by atoms with Gasteiger partial charge < -0.3 is 26.0 Å². The van der Waals surface area contributed by atoms with Crippen molar-refractivity contribution in [3.05, 3.63) is 26.6 Å². The van der Waals surface area contributed by atoms with Crippen molar-refractivity contribution in [3.8, 4) is 0 Å². The van der Waals surface area contributed by atoms with Gasteiger partial charge in [0.1, 0.15) is 5.60 Å². The lowest BCUT2D eigenvalue weighted by Crippen LogP contribution is -2.49. The van der Waals surface area contributed by atoms with Crippen LogP contribution in [0.25, 0.3) is 0 Å². The van der Waals surface area contributed by atoms with Gasteiger partial charge in [-0.25, -0.2) is 4.79 Å². The summed E-state index contributed by atoms with van der Waals surface area (Å²) in [5, 5.41) is 0. The lowest BCUT2D eigenvalue weighted by molar-refractivity contribution is -0.134. The maximum Gasteiger partial charge on any atom is 0.410 e. The Morgan fingerprint density at radius 3 is 1.91 bits per heavy atom. The summed E-state index contributed by atoms with van der Waals surface area (Å²) in [7, 11) is 0. The number of likely N-dealkylation sites (tertiary alicyclic amines) is 2. The number of nitrogens with two attached hydrogens (primary N) is 2. The lowest BCUT2D eigenvalue weighted by Gasteiger charge is -2.40. The van der Waals surface area contributed by atoms with E-state index in [1.807, 2.05) is 42.7 Å². The van der Waals surface area contributed by atoms with Crippen molar-refractivity contribution in [3.63, 3.8) is 0 Å². The monoisotopic (exact) mass is 586 g/mol. The molecule has 1 aromatic rings. The number of rotatable bonds is 4. The molecule has 0 bridgehead atoms. The van der Waals surface area contributed by atoms with Crippen LogP contribution in [0.3, 0.4) is 0 Å². The van der Waals surface area contributed by atoms with E-state index in [-0.39, 0.29) is 12.0 Å². The Kier molecular flexibility index (Phi) is 8.72. The third kappa shape index (κ3) is 7.09. The minimum atomic E-state index is -0.568. The van der Waals surface area contributed by atoms with Crippen molar-refractivity contribution in [1.82, 2.24) is 9.80 Å². The van der Waals surface area contributed by atoms with E-state index in [2.05, 4.69) is 31.9 Å². The molecule has 2 heterocycles. The van der Waals surface area contributed by atoms with Crippen LogP contribution in [-0.4, -0.2) is 59.6 Å². The Bertz CT molecular complexity index is 835. The maximum atomic E-state index is 12.9. The molecule has 184 valence electrons. The van der Waals surface area contributed by atoms with E-state index in [0.717, 1.165) is 66.4 Å². The first-order valence-corrected chi connectivity index (χ1v) is 13.3. The number of piperidine rings is 2. The first kappa shape index (κ1) is 26.3. The molecule has 2 amide bonds. The third-order valence-electron chi connectivity index (χ3n) is 6.62. The van der Waals surface area contributed by atoms with Gasteiger partial charge in [-0.3, -0.25) is 4.79 Å². The molecule has 4 N–H and O–H groups in total. The van der Waals surface area contributed by atoms with Crippen LogP contribution in [0.1, 0.15) is 52.0 Å². The van der Waals surface area contributed by atoms with Crippen molar-refractivity contribution in [2.24, 2.45) is 17.6 Å². The van der Waals surface area contributed by atoms with Crippen molar-refractivity contribution in [2.45, 2.75) is 64.5 Å². The van der Waals surface area contributed by atoms with Gasteiger partial charge in [0, 0.05) is 35.1 Å². The summed E-state index contributed by atoms with van der Waals surface area (Å²) < 4.78 is 7.09. The van der Waals surface area contributed by atoms with Gasteiger partial charge in [-0.15, -0.1) is 0 Å².